The van der Waals surface area contributed by atoms with Crippen LogP contribution in [-0.4, -0.2) is 56.3 Å². The van der Waals surface area contributed by atoms with Gasteiger partial charge in [0, 0.05) is 44.0 Å². The molecule has 3 aromatic rings. The minimum atomic E-state index is -0.529. The standard InChI is InChI=1S/C25H27ClN8O3/c26-21-23(28)31-22(27)20(30-21)24(36)29-18-8-9-25(32-18)10-12-34(13-11-25)19(35)7-6-16-14-17(33-37-16)15-4-2-1-3-5-15/h1-5,14H,6-13H2,(H4,27,28,31)(H,29,32,36). The third-order valence-electron chi connectivity index (χ3n) is 6.84. The maximum Gasteiger partial charge on any atom is 0.279 e. The Morgan fingerprint density at radius 1 is 1.08 bits per heavy atom. The van der Waals surface area contributed by atoms with Crippen molar-refractivity contribution in [1.29, 1.82) is 0 Å². The predicted molar refractivity (Wildman–Crippen MR) is 139 cm³/mol. The minimum Gasteiger partial charge on any atom is -0.382 e. The van der Waals surface area contributed by atoms with Crippen LogP contribution in [0.3, 0.4) is 0 Å². The lowest BCUT2D eigenvalue weighted by Crippen LogP contribution is -2.45. The summed E-state index contributed by atoms with van der Waals surface area (Å²) in [7, 11) is 0. The van der Waals surface area contributed by atoms with Crippen LogP contribution in [0, 0.1) is 0 Å². The van der Waals surface area contributed by atoms with Crippen molar-refractivity contribution in [1.82, 2.24) is 25.3 Å². The van der Waals surface area contributed by atoms with E-state index in [0.29, 0.717) is 43.9 Å². The highest BCUT2D eigenvalue weighted by Gasteiger charge is 2.39. The SMILES string of the molecule is Nc1nc(N)c(C(=O)NC2=NC3(CC2)CCN(C(=O)CCc2cc(-c4ccccc4)no2)CC3)nc1Cl. The minimum absolute atomic E-state index is 0.0352. The molecule has 0 saturated carbocycles. The summed E-state index contributed by atoms with van der Waals surface area (Å²) in [5.74, 6) is 0.677. The zero-order valence-electron chi connectivity index (χ0n) is 20.1. The molecule has 0 unspecified atom stereocenters. The molecule has 0 bridgehead atoms. The average molecular weight is 523 g/mol. The molecule has 0 atom stereocenters. The number of hydrogen-bond donors (Lipinski definition) is 3. The van der Waals surface area contributed by atoms with Crippen LogP contribution in [0.5, 0.6) is 0 Å². The van der Waals surface area contributed by atoms with Gasteiger partial charge in [-0.15, -0.1) is 0 Å². The van der Waals surface area contributed by atoms with Gasteiger partial charge in [0.15, 0.2) is 22.5 Å². The van der Waals surface area contributed by atoms with Crippen LogP contribution in [0.25, 0.3) is 11.3 Å². The quantitative estimate of drug-likeness (QED) is 0.460. The van der Waals surface area contributed by atoms with Gasteiger partial charge >= 0.3 is 0 Å². The molecule has 1 fully saturated rings. The van der Waals surface area contributed by atoms with Gasteiger partial charge in [-0.25, -0.2) is 9.97 Å². The van der Waals surface area contributed by atoms with Gasteiger partial charge in [0.1, 0.15) is 17.3 Å². The fourth-order valence-electron chi connectivity index (χ4n) is 4.74. The summed E-state index contributed by atoms with van der Waals surface area (Å²) in [5.41, 5.74) is 12.7. The molecule has 2 aromatic heterocycles. The van der Waals surface area contributed by atoms with E-state index >= 15 is 0 Å². The third kappa shape index (κ3) is 5.41. The summed E-state index contributed by atoms with van der Waals surface area (Å²) in [6.45, 7) is 1.22. The first kappa shape index (κ1) is 24.7. The first-order chi connectivity index (χ1) is 17.8. The maximum atomic E-state index is 12.8. The van der Waals surface area contributed by atoms with Crippen LogP contribution >= 0.6 is 11.6 Å². The Labute approximate surface area is 218 Å². The second-order valence-corrected chi connectivity index (χ2v) is 9.65. The smallest absolute Gasteiger partial charge is 0.279 e. The number of rotatable bonds is 5. The van der Waals surface area contributed by atoms with E-state index in [4.69, 9.17) is 32.6 Å². The number of nitrogens with zero attached hydrogens (tertiary/aromatic N) is 5. The molecule has 2 aliphatic heterocycles. The normalized spacial score (nSPS) is 16.6. The first-order valence-electron chi connectivity index (χ1n) is 12.1. The molecule has 1 spiro atoms. The van der Waals surface area contributed by atoms with E-state index in [0.717, 1.165) is 30.5 Å². The molecule has 5 N–H and O–H groups in total. The van der Waals surface area contributed by atoms with Crippen molar-refractivity contribution in [3.63, 3.8) is 0 Å². The van der Waals surface area contributed by atoms with Crippen LogP contribution in [0.15, 0.2) is 45.9 Å². The number of nitrogen functional groups attached to an aromatic ring is 2. The molecular weight excluding hydrogens is 496 g/mol. The number of nitrogens with one attached hydrogen (secondary N) is 1. The van der Waals surface area contributed by atoms with Gasteiger partial charge < -0.3 is 26.2 Å². The number of piperidine rings is 1. The summed E-state index contributed by atoms with van der Waals surface area (Å²) in [5, 5.41) is 6.80. The first-order valence-corrected chi connectivity index (χ1v) is 12.5. The largest absolute Gasteiger partial charge is 0.382 e. The second kappa shape index (κ2) is 10.2. The van der Waals surface area contributed by atoms with E-state index in [1.165, 1.54) is 0 Å². The molecule has 5 rings (SSSR count). The summed E-state index contributed by atoms with van der Waals surface area (Å²) >= 11 is 5.88. The Morgan fingerprint density at radius 2 is 1.84 bits per heavy atom. The lowest BCUT2D eigenvalue weighted by atomic mass is 9.86. The predicted octanol–water partition coefficient (Wildman–Crippen LogP) is 2.87. The fraction of sp³-hybridized carbons (Fsp3) is 0.360. The highest BCUT2D eigenvalue weighted by Crippen LogP contribution is 2.36. The van der Waals surface area contributed by atoms with Gasteiger partial charge in [0.25, 0.3) is 5.91 Å². The lowest BCUT2D eigenvalue weighted by Gasteiger charge is -2.37. The number of nitrogens with two attached hydrogens (primary N) is 2. The fourth-order valence-corrected chi connectivity index (χ4v) is 4.86. The number of amides is 2. The van der Waals surface area contributed by atoms with Gasteiger partial charge in [0.2, 0.25) is 5.91 Å². The van der Waals surface area contributed by atoms with Crippen molar-refractivity contribution in [2.75, 3.05) is 24.6 Å². The number of amidine groups is 1. The number of carbonyl (C=O) groups is 2. The summed E-state index contributed by atoms with van der Waals surface area (Å²) in [6, 6.07) is 11.7. The van der Waals surface area contributed by atoms with E-state index < -0.39 is 5.91 Å². The summed E-state index contributed by atoms with van der Waals surface area (Å²) < 4.78 is 5.43. The van der Waals surface area contributed by atoms with Gasteiger partial charge in [-0.2, -0.15) is 0 Å². The number of aliphatic imine (C=N–C) groups is 1. The van der Waals surface area contributed by atoms with Crippen molar-refractivity contribution in [3.05, 3.63) is 53.0 Å². The maximum absolute atomic E-state index is 12.8. The Balaban J connectivity index is 1.13. The zero-order chi connectivity index (χ0) is 26.0. The van der Waals surface area contributed by atoms with Crippen molar-refractivity contribution >= 4 is 40.9 Å². The molecular formula is C25H27ClN8O3. The molecule has 1 aromatic carbocycles. The molecule has 0 aliphatic carbocycles. The third-order valence-corrected chi connectivity index (χ3v) is 7.12. The van der Waals surface area contributed by atoms with Crippen molar-refractivity contribution < 1.29 is 14.1 Å². The highest BCUT2D eigenvalue weighted by molar-refractivity contribution is 6.31. The van der Waals surface area contributed by atoms with Gasteiger partial charge in [-0.3, -0.25) is 14.6 Å². The Bertz CT molecular complexity index is 1350. The number of anilines is 2. The lowest BCUT2D eigenvalue weighted by molar-refractivity contribution is -0.132. The molecule has 192 valence electrons. The van der Waals surface area contributed by atoms with Crippen LogP contribution < -0.4 is 16.8 Å². The van der Waals surface area contributed by atoms with Crippen LogP contribution in [0.1, 0.15) is 48.4 Å². The molecule has 2 amide bonds. The van der Waals surface area contributed by atoms with Crippen molar-refractivity contribution in [2.24, 2.45) is 4.99 Å². The van der Waals surface area contributed by atoms with Crippen molar-refractivity contribution in [3.8, 4) is 11.3 Å². The van der Waals surface area contributed by atoms with E-state index in [-0.39, 0.29) is 33.9 Å². The number of aryl methyl sites for hydroxylation is 1. The Kier molecular flexibility index (Phi) is 6.79. The average Bonchev–Trinajstić information content (AvgIpc) is 3.53. The zero-order valence-corrected chi connectivity index (χ0v) is 20.9. The molecule has 1 saturated heterocycles. The van der Waals surface area contributed by atoms with Gasteiger partial charge in [0.05, 0.1) is 5.54 Å². The number of hydrogen-bond acceptors (Lipinski definition) is 9. The number of aromatic nitrogens is 3. The molecule has 37 heavy (non-hydrogen) atoms. The summed E-state index contributed by atoms with van der Waals surface area (Å²) in [6.07, 6.45) is 3.73. The Hall–Kier alpha value is -3.99. The van der Waals surface area contributed by atoms with Crippen LogP contribution in [0.2, 0.25) is 5.15 Å². The number of halogens is 1. The van der Waals surface area contributed by atoms with Crippen LogP contribution in [-0.2, 0) is 11.2 Å². The Morgan fingerprint density at radius 3 is 2.59 bits per heavy atom. The number of likely N-dealkylation sites (tertiary alicyclic amines) is 1. The number of carbonyl (C=O) groups excluding carboxylic acids is 2. The number of benzene rings is 1. The monoisotopic (exact) mass is 522 g/mol. The molecule has 11 nitrogen and oxygen atoms in total. The highest BCUT2D eigenvalue weighted by atomic mass is 35.5. The van der Waals surface area contributed by atoms with Gasteiger partial charge in [-0.05, 0) is 19.3 Å². The van der Waals surface area contributed by atoms with E-state index in [9.17, 15) is 9.59 Å². The topological polar surface area (TPSA) is 166 Å². The molecule has 12 heteroatoms. The van der Waals surface area contributed by atoms with Crippen LogP contribution in [0.4, 0.5) is 11.6 Å². The van der Waals surface area contributed by atoms with E-state index in [1.54, 1.807) is 0 Å². The molecule has 4 heterocycles. The van der Waals surface area contributed by atoms with E-state index in [1.807, 2.05) is 41.3 Å². The van der Waals surface area contributed by atoms with E-state index in [2.05, 4.69) is 20.4 Å². The summed E-state index contributed by atoms with van der Waals surface area (Å²) in [4.78, 5) is 39.9. The van der Waals surface area contributed by atoms with Gasteiger partial charge in [-0.1, -0.05) is 47.1 Å². The van der Waals surface area contributed by atoms with Crippen molar-refractivity contribution in [2.45, 2.75) is 44.1 Å². The molecule has 0 radical (unpaired) electrons. The second-order valence-electron chi connectivity index (χ2n) is 9.30. The molecule has 2 aliphatic rings.